The first-order valence-corrected chi connectivity index (χ1v) is 15.5. The van der Waals surface area contributed by atoms with Crippen LogP contribution in [0.4, 0.5) is 5.88 Å². The van der Waals surface area contributed by atoms with Crippen molar-refractivity contribution in [2.75, 3.05) is 18.0 Å². The zero-order valence-corrected chi connectivity index (χ0v) is 23.7. The van der Waals surface area contributed by atoms with Gasteiger partial charge in [0, 0.05) is 23.7 Å². The number of nitrogens with zero attached hydrogens (tertiary/aromatic N) is 2. The van der Waals surface area contributed by atoms with Crippen molar-refractivity contribution in [2.45, 2.75) is 26.1 Å². The van der Waals surface area contributed by atoms with Crippen LogP contribution in [-0.2, 0) is 4.74 Å². The fourth-order valence-electron chi connectivity index (χ4n) is 5.56. The van der Waals surface area contributed by atoms with Crippen molar-refractivity contribution >= 4 is 46.1 Å². The Morgan fingerprint density at radius 1 is 0.692 bits per heavy atom. The highest BCUT2D eigenvalue weighted by atomic mass is 35.5. The lowest BCUT2D eigenvalue weighted by molar-refractivity contribution is -0.00629. The topological polar surface area (TPSA) is 38.5 Å². The lowest BCUT2D eigenvalue weighted by Crippen LogP contribution is -2.48. The largest absolute Gasteiger partial charge is 0.416 e. The molecule has 1 aromatic heterocycles. The zero-order chi connectivity index (χ0) is 26.8. The van der Waals surface area contributed by atoms with Gasteiger partial charge >= 0.3 is 0 Å². The summed E-state index contributed by atoms with van der Waals surface area (Å²) in [7, 11) is -2.47. The number of morpholine rings is 1. The Labute approximate surface area is 235 Å². The molecule has 196 valence electrons. The number of rotatable bonds is 6. The molecule has 1 aliphatic rings. The summed E-state index contributed by atoms with van der Waals surface area (Å²) < 4.78 is 12.9. The third kappa shape index (κ3) is 4.89. The van der Waals surface area contributed by atoms with Gasteiger partial charge in [0.15, 0.2) is 7.26 Å². The Hall–Kier alpha value is -3.43. The van der Waals surface area contributed by atoms with Crippen LogP contribution < -0.4 is 26.2 Å². The number of halogens is 1. The lowest BCUT2D eigenvalue weighted by Gasteiger charge is -2.36. The molecule has 2 heterocycles. The molecule has 6 heteroatoms. The van der Waals surface area contributed by atoms with E-state index in [-0.39, 0.29) is 12.2 Å². The standard InChI is InChI=1S/C33H31ClN2O2P/c1-24-22-36(23-25(2)37-24)33-32(35-31(38-33)26-18-20-27(34)21-19-26)39(28-12-6-3-7-13-28,29-14-8-4-9-15-29)30-16-10-5-11-17-30/h3-21,24-25H,22-23H2,1-2H3/q+1. The maximum Gasteiger partial charge on any atom is 0.262 e. The average molecular weight is 554 g/mol. The smallest absolute Gasteiger partial charge is 0.262 e. The minimum absolute atomic E-state index is 0.0728. The molecule has 0 aliphatic carbocycles. The molecule has 1 saturated heterocycles. The highest BCUT2D eigenvalue weighted by Gasteiger charge is 2.54. The van der Waals surface area contributed by atoms with Crippen molar-refractivity contribution in [3.8, 4) is 11.5 Å². The van der Waals surface area contributed by atoms with Gasteiger partial charge in [0.25, 0.3) is 11.3 Å². The highest BCUT2D eigenvalue weighted by molar-refractivity contribution is 8.01. The first-order chi connectivity index (χ1) is 19.1. The van der Waals surface area contributed by atoms with Crippen molar-refractivity contribution in [1.82, 2.24) is 4.98 Å². The second kappa shape index (κ2) is 11.0. The second-order valence-corrected chi connectivity index (χ2v) is 13.7. The first kappa shape index (κ1) is 25.8. The summed E-state index contributed by atoms with van der Waals surface area (Å²) in [6.45, 7) is 5.69. The van der Waals surface area contributed by atoms with E-state index in [0.717, 1.165) is 30.0 Å². The Kier molecular flexibility index (Phi) is 7.27. The molecule has 4 aromatic carbocycles. The third-order valence-corrected chi connectivity index (χ3v) is 11.5. The van der Waals surface area contributed by atoms with Crippen LogP contribution in [0.2, 0.25) is 5.02 Å². The monoisotopic (exact) mass is 553 g/mol. The van der Waals surface area contributed by atoms with Crippen LogP contribution in [0.1, 0.15) is 13.8 Å². The highest BCUT2D eigenvalue weighted by Crippen LogP contribution is 2.56. The van der Waals surface area contributed by atoms with Crippen LogP contribution in [0.25, 0.3) is 11.5 Å². The van der Waals surface area contributed by atoms with Crippen LogP contribution in [0.3, 0.4) is 0 Å². The quantitative estimate of drug-likeness (QED) is 0.234. The summed E-state index contributed by atoms with van der Waals surface area (Å²) >= 11 is 6.23. The van der Waals surface area contributed by atoms with E-state index in [9.17, 15) is 0 Å². The molecule has 2 unspecified atom stereocenters. The molecule has 0 saturated carbocycles. The number of hydrogen-bond acceptors (Lipinski definition) is 4. The fraction of sp³-hybridized carbons (Fsp3) is 0.182. The molecular formula is C33H31ClN2O2P+. The minimum Gasteiger partial charge on any atom is -0.416 e. The van der Waals surface area contributed by atoms with Crippen molar-refractivity contribution in [2.24, 2.45) is 0 Å². The summed E-state index contributed by atoms with van der Waals surface area (Å²) in [5.74, 6) is 1.41. The molecule has 5 aromatic rings. The van der Waals surface area contributed by atoms with Crippen molar-refractivity contribution in [3.05, 3.63) is 120 Å². The van der Waals surface area contributed by atoms with Crippen LogP contribution in [0.15, 0.2) is 120 Å². The number of benzene rings is 4. The predicted octanol–water partition coefficient (Wildman–Crippen LogP) is 6.23. The van der Waals surface area contributed by atoms with E-state index in [1.165, 1.54) is 15.9 Å². The molecule has 39 heavy (non-hydrogen) atoms. The summed E-state index contributed by atoms with van der Waals surface area (Å²) in [5.41, 5.74) is 1.87. The van der Waals surface area contributed by atoms with Crippen molar-refractivity contribution in [3.63, 3.8) is 0 Å². The summed E-state index contributed by atoms with van der Waals surface area (Å²) in [6.07, 6.45) is 0.146. The number of aromatic nitrogens is 1. The van der Waals surface area contributed by atoms with E-state index in [4.69, 9.17) is 25.7 Å². The molecule has 0 bridgehead atoms. The second-order valence-electron chi connectivity index (χ2n) is 9.99. The van der Waals surface area contributed by atoms with Gasteiger partial charge in [0.05, 0.1) is 12.2 Å². The van der Waals surface area contributed by atoms with E-state index in [2.05, 4.69) is 110 Å². The molecule has 1 aliphatic heterocycles. The number of oxazole rings is 1. The van der Waals surface area contributed by atoms with Gasteiger partial charge in [-0.15, -0.1) is 0 Å². The molecule has 6 rings (SSSR count). The van der Waals surface area contributed by atoms with Gasteiger partial charge in [-0.05, 0) is 74.5 Å². The molecule has 0 N–H and O–H groups in total. The van der Waals surface area contributed by atoms with Gasteiger partial charge in [-0.1, -0.05) is 66.2 Å². The normalized spacial score (nSPS) is 17.8. The number of hydrogen-bond donors (Lipinski definition) is 0. The molecule has 4 nitrogen and oxygen atoms in total. The molecule has 1 fully saturated rings. The van der Waals surface area contributed by atoms with Gasteiger partial charge in [0.1, 0.15) is 15.9 Å². The van der Waals surface area contributed by atoms with Crippen molar-refractivity contribution < 1.29 is 9.15 Å². The SMILES string of the molecule is CC1CN(c2oc(-c3ccc(Cl)cc3)nc2[P+](c2ccccc2)(c2ccccc2)c2ccccc2)CC(C)O1. The maximum atomic E-state index is 6.79. The Bertz CT molecular complexity index is 1420. The molecule has 2 atom stereocenters. The van der Waals surface area contributed by atoms with E-state index >= 15 is 0 Å². The Morgan fingerprint density at radius 3 is 1.62 bits per heavy atom. The summed E-state index contributed by atoms with van der Waals surface area (Å²) in [5, 5.41) is 4.37. The fourth-order valence-corrected chi connectivity index (χ4v) is 9.88. The third-order valence-electron chi connectivity index (χ3n) is 7.14. The molecule has 0 amide bonds. The van der Waals surface area contributed by atoms with Gasteiger partial charge in [-0.25, -0.2) is 0 Å². The Morgan fingerprint density at radius 2 is 1.15 bits per heavy atom. The Balaban J connectivity index is 1.70. The van der Waals surface area contributed by atoms with E-state index < -0.39 is 7.26 Å². The van der Waals surface area contributed by atoms with Gasteiger partial charge < -0.3 is 14.1 Å². The minimum atomic E-state index is -2.47. The van der Waals surface area contributed by atoms with Crippen LogP contribution in [-0.4, -0.2) is 30.3 Å². The van der Waals surface area contributed by atoms with E-state index in [1.807, 2.05) is 24.3 Å². The van der Waals surface area contributed by atoms with E-state index in [1.54, 1.807) is 0 Å². The molecule has 0 radical (unpaired) electrons. The molecule has 0 spiro atoms. The number of anilines is 1. The lowest BCUT2D eigenvalue weighted by atomic mass is 10.2. The first-order valence-electron chi connectivity index (χ1n) is 13.3. The maximum absolute atomic E-state index is 6.79. The summed E-state index contributed by atoms with van der Waals surface area (Å²) in [4.78, 5) is 7.72. The zero-order valence-electron chi connectivity index (χ0n) is 22.1. The molecular weight excluding hydrogens is 523 g/mol. The van der Waals surface area contributed by atoms with Gasteiger partial charge in [-0.2, -0.15) is 4.98 Å². The summed E-state index contributed by atoms with van der Waals surface area (Å²) in [6, 6.07) is 40.1. The van der Waals surface area contributed by atoms with Crippen molar-refractivity contribution in [1.29, 1.82) is 0 Å². The number of ether oxygens (including phenoxy) is 1. The van der Waals surface area contributed by atoms with Crippen LogP contribution in [0, 0.1) is 0 Å². The van der Waals surface area contributed by atoms with Gasteiger partial charge in [0.2, 0.25) is 5.89 Å². The van der Waals surface area contributed by atoms with Crippen LogP contribution >= 0.6 is 18.9 Å². The predicted molar refractivity (Wildman–Crippen MR) is 164 cm³/mol. The van der Waals surface area contributed by atoms with E-state index in [0.29, 0.717) is 10.9 Å². The van der Waals surface area contributed by atoms with Crippen LogP contribution in [0.5, 0.6) is 0 Å². The van der Waals surface area contributed by atoms with Gasteiger partial charge in [-0.3, -0.25) is 0 Å². The average Bonchev–Trinajstić information content (AvgIpc) is 3.41.